The van der Waals surface area contributed by atoms with Gasteiger partial charge in [0.15, 0.2) is 16.6 Å². The van der Waals surface area contributed by atoms with Gasteiger partial charge < -0.3 is 13.6 Å². The van der Waals surface area contributed by atoms with Crippen LogP contribution < -0.4 is 0 Å². The molecule has 3 nitrogen and oxygen atoms in total. The van der Waals surface area contributed by atoms with Gasteiger partial charge in [-0.2, -0.15) is 0 Å². The first-order valence-electron chi connectivity index (χ1n) is 8.89. The zero-order valence-corrected chi connectivity index (χ0v) is 19.7. The second kappa shape index (κ2) is 7.98. The summed E-state index contributed by atoms with van der Waals surface area (Å²) >= 11 is 0. The van der Waals surface area contributed by atoms with E-state index in [0.717, 1.165) is 6.29 Å². The highest BCUT2D eigenvalue weighted by Gasteiger charge is 2.42. The molecule has 0 spiro atoms. The van der Waals surface area contributed by atoms with Crippen molar-refractivity contribution in [1.82, 2.24) is 0 Å². The van der Waals surface area contributed by atoms with Crippen LogP contribution in [0.5, 0.6) is 0 Å². The van der Waals surface area contributed by atoms with Crippen molar-refractivity contribution in [3.05, 3.63) is 12.7 Å². The van der Waals surface area contributed by atoms with Crippen molar-refractivity contribution >= 4 is 22.9 Å². The first-order valence-corrected chi connectivity index (χ1v) is 14.7. The summed E-state index contributed by atoms with van der Waals surface area (Å²) in [7, 11) is -3.76. The number of hydrogen-bond donors (Lipinski definition) is 0. The van der Waals surface area contributed by atoms with Gasteiger partial charge in [0.25, 0.3) is 0 Å². The quantitative estimate of drug-likeness (QED) is 0.292. The van der Waals surface area contributed by atoms with Crippen molar-refractivity contribution in [2.24, 2.45) is 5.41 Å². The number of rotatable bonds is 9. The summed E-state index contributed by atoms with van der Waals surface area (Å²) in [5.41, 5.74) is -0.438. The molecule has 0 saturated carbocycles. The Morgan fingerprint density at radius 2 is 1.17 bits per heavy atom. The van der Waals surface area contributed by atoms with Gasteiger partial charge in [0, 0.05) is 25.0 Å². The van der Waals surface area contributed by atoms with Crippen molar-refractivity contribution in [2.45, 2.75) is 84.2 Å². The van der Waals surface area contributed by atoms with Gasteiger partial charge in [-0.1, -0.05) is 47.6 Å². The third kappa shape index (κ3) is 6.24. The molecule has 0 fully saturated rings. The minimum absolute atomic E-state index is 0.140. The number of carbonyl (C=O) groups is 1. The summed E-state index contributed by atoms with van der Waals surface area (Å²) in [4.78, 5) is 11.3. The second-order valence-corrected chi connectivity index (χ2v) is 19.7. The largest absolute Gasteiger partial charge is 0.416 e. The predicted molar refractivity (Wildman–Crippen MR) is 110 cm³/mol. The Balaban J connectivity index is 5.24. The molecule has 0 atom stereocenters. The van der Waals surface area contributed by atoms with Crippen LogP contribution in [0, 0.1) is 5.41 Å². The summed E-state index contributed by atoms with van der Waals surface area (Å²) in [5.74, 6) is 0. The highest BCUT2D eigenvalue weighted by molar-refractivity contribution is 6.74. The standard InChI is InChI=1S/C19H40O3Si2/c1-12-19(13-14-20,15-21-23(8,9)17(2,3)4)16-22-24(10,11)18(5,6)7/h12,14H,1,13,15-16H2,2-11H3. The van der Waals surface area contributed by atoms with E-state index in [9.17, 15) is 4.79 Å². The molecule has 0 rings (SSSR count). The molecule has 0 aliphatic carbocycles. The Bertz CT molecular complexity index is 399. The molecular formula is C19H40O3Si2. The molecule has 24 heavy (non-hydrogen) atoms. The summed E-state index contributed by atoms with van der Waals surface area (Å²) in [6, 6.07) is 0. The van der Waals surface area contributed by atoms with Crippen LogP contribution in [0.4, 0.5) is 0 Å². The molecule has 0 aromatic carbocycles. The van der Waals surface area contributed by atoms with Gasteiger partial charge in [-0.15, -0.1) is 6.58 Å². The molecule has 142 valence electrons. The van der Waals surface area contributed by atoms with Crippen LogP contribution in [0.25, 0.3) is 0 Å². The fourth-order valence-corrected chi connectivity index (χ4v) is 3.77. The summed E-state index contributed by atoms with van der Waals surface area (Å²) in [6.45, 7) is 27.3. The molecule has 0 aliphatic rings. The van der Waals surface area contributed by atoms with E-state index >= 15 is 0 Å². The van der Waals surface area contributed by atoms with Crippen LogP contribution in [0.1, 0.15) is 48.0 Å². The molecular weight excluding hydrogens is 332 g/mol. The van der Waals surface area contributed by atoms with E-state index in [4.69, 9.17) is 8.85 Å². The van der Waals surface area contributed by atoms with Crippen molar-refractivity contribution in [1.29, 1.82) is 0 Å². The predicted octanol–water partition coefficient (Wildman–Crippen LogP) is 5.79. The maximum Gasteiger partial charge on any atom is 0.192 e. The van der Waals surface area contributed by atoms with Crippen LogP contribution >= 0.6 is 0 Å². The lowest BCUT2D eigenvalue weighted by Crippen LogP contribution is -2.47. The molecule has 0 unspecified atom stereocenters. The van der Waals surface area contributed by atoms with Crippen LogP contribution in [0.3, 0.4) is 0 Å². The summed E-state index contributed by atoms with van der Waals surface area (Å²) in [5, 5.41) is 0.281. The maximum absolute atomic E-state index is 11.3. The van der Waals surface area contributed by atoms with Gasteiger partial charge in [-0.25, -0.2) is 0 Å². The van der Waals surface area contributed by atoms with E-state index in [1.165, 1.54) is 0 Å². The second-order valence-electron chi connectivity index (χ2n) is 10.0. The van der Waals surface area contributed by atoms with E-state index < -0.39 is 22.0 Å². The van der Waals surface area contributed by atoms with Gasteiger partial charge in [-0.05, 0) is 36.3 Å². The van der Waals surface area contributed by atoms with E-state index in [-0.39, 0.29) is 10.1 Å². The molecule has 0 aromatic heterocycles. The van der Waals surface area contributed by atoms with Gasteiger partial charge in [0.2, 0.25) is 0 Å². The first-order chi connectivity index (χ1) is 10.5. The summed E-state index contributed by atoms with van der Waals surface area (Å²) in [6.07, 6.45) is 3.22. The smallest absolute Gasteiger partial charge is 0.192 e. The lowest BCUT2D eigenvalue weighted by atomic mass is 9.87. The molecule has 0 aromatic rings. The first kappa shape index (κ1) is 23.8. The fourth-order valence-electron chi connectivity index (χ4n) is 1.61. The minimum Gasteiger partial charge on any atom is -0.416 e. The Kier molecular flexibility index (Phi) is 7.90. The average molecular weight is 373 g/mol. The monoisotopic (exact) mass is 372 g/mol. The minimum atomic E-state index is -1.88. The van der Waals surface area contributed by atoms with Crippen LogP contribution in [0.2, 0.25) is 36.3 Å². The van der Waals surface area contributed by atoms with Crippen molar-refractivity contribution in [3.63, 3.8) is 0 Å². The lowest BCUT2D eigenvalue weighted by molar-refractivity contribution is -0.110. The van der Waals surface area contributed by atoms with E-state index in [2.05, 4.69) is 74.3 Å². The zero-order chi connectivity index (χ0) is 19.4. The molecule has 0 bridgehead atoms. The molecule has 0 amide bonds. The molecule has 0 aliphatic heterocycles. The van der Waals surface area contributed by atoms with E-state index in [1.807, 2.05) is 6.08 Å². The number of aldehydes is 1. The Morgan fingerprint density at radius 1 is 0.833 bits per heavy atom. The van der Waals surface area contributed by atoms with E-state index in [0.29, 0.717) is 19.6 Å². The lowest BCUT2D eigenvalue weighted by Gasteiger charge is -2.42. The molecule has 0 saturated heterocycles. The highest BCUT2D eigenvalue weighted by atomic mass is 28.4. The maximum atomic E-state index is 11.3. The molecule has 0 N–H and O–H groups in total. The molecule has 5 heteroatoms. The van der Waals surface area contributed by atoms with Gasteiger partial charge in [0.1, 0.15) is 6.29 Å². The van der Waals surface area contributed by atoms with Gasteiger partial charge in [0.05, 0.1) is 0 Å². The van der Waals surface area contributed by atoms with Crippen molar-refractivity contribution in [2.75, 3.05) is 13.2 Å². The van der Waals surface area contributed by atoms with Crippen molar-refractivity contribution < 1.29 is 13.6 Å². The normalized spacial score (nSPS) is 14.6. The van der Waals surface area contributed by atoms with Gasteiger partial charge >= 0.3 is 0 Å². The number of hydrogen-bond acceptors (Lipinski definition) is 3. The third-order valence-electron chi connectivity index (χ3n) is 5.98. The van der Waals surface area contributed by atoms with Crippen LogP contribution in [-0.4, -0.2) is 36.1 Å². The fraction of sp³-hybridized carbons (Fsp3) is 0.842. The third-order valence-corrected chi connectivity index (χ3v) is 14.9. The molecule has 0 radical (unpaired) electrons. The Labute approximate surface area is 152 Å². The van der Waals surface area contributed by atoms with Crippen molar-refractivity contribution in [3.8, 4) is 0 Å². The highest BCUT2D eigenvalue weighted by Crippen LogP contribution is 2.40. The molecule has 0 heterocycles. The van der Waals surface area contributed by atoms with Gasteiger partial charge in [-0.3, -0.25) is 0 Å². The van der Waals surface area contributed by atoms with E-state index in [1.54, 1.807) is 0 Å². The zero-order valence-electron chi connectivity index (χ0n) is 17.7. The average Bonchev–Trinajstić information content (AvgIpc) is 2.40. The van der Waals surface area contributed by atoms with Crippen LogP contribution in [0.15, 0.2) is 12.7 Å². The Morgan fingerprint density at radius 3 is 1.38 bits per heavy atom. The Hall–Kier alpha value is -0.236. The summed E-state index contributed by atoms with van der Waals surface area (Å²) < 4.78 is 12.8. The van der Waals surface area contributed by atoms with Crippen LogP contribution in [-0.2, 0) is 13.6 Å². The SMILES string of the molecule is C=CC(CC=O)(CO[Si](C)(C)C(C)(C)C)CO[Si](C)(C)C(C)(C)C. The number of carbonyl (C=O) groups excluding carboxylic acids is 1. The topological polar surface area (TPSA) is 35.5 Å².